The summed E-state index contributed by atoms with van der Waals surface area (Å²) in [7, 11) is -2.59. The molecule has 2 atom stereocenters. The van der Waals surface area contributed by atoms with E-state index in [1.165, 1.54) is 7.11 Å². The predicted molar refractivity (Wildman–Crippen MR) is 89.5 cm³/mol. The van der Waals surface area contributed by atoms with Crippen LogP contribution in [0.2, 0.25) is 0 Å². The largest absolute Gasteiger partial charge is 0.576 e. The zero-order valence-corrected chi connectivity index (χ0v) is 16.2. The molecular weight excluding hydrogens is 371 g/mol. The average Bonchev–Trinajstić information content (AvgIpc) is 2.57. The first kappa shape index (κ1) is 22.5. The van der Waals surface area contributed by atoms with Crippen molar-refractivity contribution >= 4 is 26.1 Å². The van der Waals surface area contributed by atoms with Crippen molar-refractivity contribution in [3.8, 4) is 0 Å². The second-order valence-electron chi connectivity index (χ2n) is 6.04. The first-order valence-corrected chi connectivity index (χ1v) is 9.47. The number of hydrogen-bond acceptors (Lipinski definition) is 9. The third kappa shape index (κ3) is 7.00. The fourth-order valence-corrected chi connectivity index (χ4v) is 3.45. The van der Waals surface area contributed by atoms with E-state index in [4.69, 9.17) is 13.6 Å². The third-order valence-electron chi connectivity index (χ3n) is 3.37. The highest BCUT2D eigenvalue weighted by molar-refractivity contribution is 7.55. The molecule has 11 nitrogen and oxygen atoms in total. The molecular formula is C14H26N2O9P+. The Morgan fingerprint density at radius 2 is 2.00 bits per heavy atom. The highest BCUT2D eigenvalue weighted by Gasteiger charge is 2.59. The van der Waals surface area contributed by atoms with Crippen molar-refractivity contribution in [2.24, 2.45) is 5.41 Å². The molecule has 0 spiro atoms. The molecule has 26 heavy (non-hydrogen) atoms. The molecule has 1 heterocycles. The van der Waals surface area contributed by atoms with Crippen LogP contribution in [-0.4, -0.2) is 62.6 Å². The number of amides is 2. The molecule has 0 aliphatic carbocycles. The zero-order valence-electron chi connectivity index (χ0n) is 15.3. The Hall–Kier alpha value is -1.52. The summed E-state index contributed by atoms with van der Waals surface area (Å²) in [5.41, 5.74) is -0.759. The Labute approximate surface area is 152 Å². The van der Waals surface area contributed by atoms with E-state index in [1.54, 1.807) is 20.8 Å². The Kier molecular flexibility index (Phi) is 8.65. The first-order chi connectivity index (χ1) is 12.1. The van der Waals surface area contributed by atoms with Crippen LogP contribution in [0.15, 0.2) is 0 Å². The summed E-state index contributed by atoms with van der Waals surface area (Å²) >= 11 is 0. The van der Waals surface area contributed by atoms with Gasteiger partial charge in [0.1, 0.15) is 6.61 Å². The topological polar surface area (TPSA) is 142 Å². The van der Waals surface area contributed by atoms with Gasteiger partial charge in [-0.3, -0.25) is 9.59 Å². The van der Waals surface area contributed by atoms with Gasteiger partial charge in [-0.25, -0.2) is 4.79 Å². The Morgan fingerprint density at radius 1 is 1.31 bits per heavy atom. The van der Waals surface area contributed by atoms with Crippen LogP contribution in [0.5, 0.6) is 0 Å². The van der Waals surface area contributed by atoms with Crippen molar-refractivity contribution in [2.45, 2.75) is 33.3 Å². The van der Waals surface area contributed by atoms with E-state index in [2.05, 4.69) is 20.1 Å². The third-order valence-corrected chi connectivity index (χ3v) is 4.73. The molecule has 1 rings (SSSR count). The van der Waals surface area contributed by atoms with Crippen molar-refractivity contribution in [2.75, 3.05) is 33.6 Å². The lowest BCUT2D eigenvalue weighted by atomic mass is 9.87. The van der Waals surface area contributed by atoms with Crippen LogP contribution in [0.1, 0.15) is 27.2 Å². The van der Waals surface area contributed by atoms with E-state index in [0.717, 1.165) is 0 Å². The maximum atomic E-state index is 12.4. The molecule has 1 saturated heterocycles. The van der Waals surface area contributed by atoms with E-state index in [9.17, 15) is 19.3 Å². The minimum Gasteiger partial charge on any atom is -0.469 e. The number of methoxy groups -OCH3 is 1. The van der Waals surface area contributed by atoms with Crippen LogP contribution in [-0.2, 0) is 32.6 Å². The molecule has 1 aliphatic rings. The second kappa shape index (κ2) is 9.98. The maximum absolute atomic E-state index is 12.4. The summed E-state index contributed by atoms with van der Waals surface area (Å²) in [5.74, 6) is -0.999. The van der Waals surface area contributed by atoms with E-state index in [0.29, 0.717) is 6.54 Å². The maximum Gasteiger partial charge on any atom is 0.576 e. The number of nitrogens with one attached hydrogen (secondary N) is 2. The van der Waals surface area contributed by atoms with Crippen LogP contribution >= 0.6 is 8.17 Å². The summed E-state index contributed by atoms with van der Waals surface area (Å²) in [6, 6.07) is 0. The Bertz CT molecular complexity index is 517. The lowest BCUT2D eigenvalue weighted by molar-refractivity contribution is -0.146. The van der Waals surface area contributed by atoms with Crippen molar-refractivity contribution in [1.29, 1.82) is 0 Å². The lowest BCUT2D eigenvalue weighted by Gasteiger charge is -2.36. The number of esters is 1. The van der Waals surface area contributed by atoms with Crippen molar-refractivity contribution < 1.29 is 42.3 Å². The smallest absolute Gasteiger partial charge is 0.469 e. The van der Waals surface area contributed by atoms with E-state index < -0.39 is 44.5 Å². The minimum absolute atomic E-state index is 0.00216. The average molecular weight is 397 g/mol. The van der Waals surface area contributed by atoms with Gasteiger partial charge in [-0.05, 0) is 6.92 Å². The molecule has 1 aliphatic heterocycles. The SMILES string of the molecule is CCNC(=O)OCO[P+]1(O)OCC(C)(C)[C@H](C(=O)NCCC(=O)OC)O1. The number of rotatable bonds is 8. The monoisotopic (exact) mass is 397 g/mol. The Morgan fingerprint density at radius 3 is 2.62 bits per heavy atom. The fourth-order valence-electron chi connectivity index (χ4n) is 1.92. The summed E-state index contributed by atoms with van der Waals surface area (Å²) in [6.45, 7) is 4.94. The van der Waals surface area contributed by atoms with E-state index >= 15 is 0 Å². The lowest BCUT2D eigenvalue weighted by Crippen LogP contribution is -2.50. The highest BCUT2D eigenvalue weighted by atomic mass is 31.2. The number of carbonyl (C=O) groups is 3. The first-order valence-electron chi connectivity index (χ1n) is 7.98. The van der Waals surface area contributed by atoms with Gasteiger partial charge in [-0.2, -0.15) is 9.42 Å². The molecule has 150 valence electrons. The Balaban J connectivity index is 2.59. The van der Waals surface area contributed by atoms with Gasteiger partial charge >= 0.3 is 20.2 Å². The van der Waals surface area contributed by atoms with Crippen LogP contribution in [0.25, 0.3) is 0 Å². The summed E-state index contributed by atoms with van der Waals surface area (Å²) in [5, 5.41) is 4.92. The number of hydrogen-bond donors (Lipinski definition) is 3. The standard InChI is InChI=1S/C14H25N2O9P/c1-5-15-13(19)22-9-24-26(20)23-8-14(2,3)11(25-26)12(18)16-7-6-10(17)21-4/h11,20H,5-9H2,1-4H3,(H-,15,16,18,19)/p+1/t11-,26?/m0/s1. The van der Waals surface area contributed by atoms with Gasteiger partial charge in [0.25, 0.3) is 5.91 Å². The summed E-state index contributed by atoms with van der Waals surface area (Å²) in [6.07, 6.45) is -1.81. The van der Waals surface area contributed by atoms with E-state index in [1.807, 2.05) is 0 Å². The van der Waals surface area contributed by atoms with Crippen molar-refractivity contribution in [3.63, 3.8) is 0 Å². The van der Waals surface area contributed by atoms with Gasteiger partial charge in [-0.15, -0.1) is 9.05 Å². The molecule has 2 amide bonds. The fraction of sp³-hybridized carbons (Fsp3) is 0.786. The minimum atomic E-state index is -3.84. The molecule has 0 bridgehead atoms. The van der Waals surface area contributed by atoms with Gasteiger partial charge in [0, 0.05) is 18.5 Å². The van der Waals surface area contributed by atoms with Crippen LogP contribution < -0.4 is 10.6 Å². The zero-order chi connectivity index (χ0) is 19.8. The second-order valence-corrected chi connectivity index (χ2v) is 7.71. The number of carbonyl (C=O) groups excluding carboxylic acids is 3. The molecule has 0 aromatic carbocycles. The molecule has 3 N–H and O–H groups in total. The van der Waals surface area contributed by atoms with Gasteiger partial charge in [0.05, 0.1) is 13.5 Å². The normalized spacial score (nSPS) is 24.4. The molecule has 0 saturated carbocycles. The quantitative estimate of drug-likeness (QED) is 0.303. The highest BCUT2D eigenvalue weighted by Crippen LogP contribution is 2.63. The van der Waals surface area contributed by atoms with Crippen molar-refractivity contribution in [1.82, 2.24) is 10.6 Å². The van der Waals surface area contributed by atoms with E-state index in [-0.39, 0.29) is 19.6 Å². The van der Waals surface area contributed by atoms with Gasteiger partial charge in [0.2, 0.25) is 6.79 Å². The molecule has 0 aromatic heterocycles. The van der Waals surface area contributed by atoms with Crippen LogP contribution in [0.3, 0.4) is 0 Å². The number of ether oxygens (including phenoxy) is 2. The predicted octanol–water partition coefficient (Wildman–Crippen LogP) is 0.497. The van der Waals surface area contributed by atoms with Gasteiger partial charge < -0.3 is 20.1 Å². The summed E-state index contributed by atoms with van der Waals surface area (Å²) in [4.78, 5) is 44.9. The van der Waals surface area contributed by atoms with Crippen LogP contribution in [0.4, 0.5) is 4.79 Å². The molecule has 0 aromatic rings. The van der Waals surface area contributed by atoms with Crippen LogP contribution in [0, 0.1) is 5.41 Å². The van der Waals surface area contributed by atoms with Crippen molar-refractivity contribution in [3.05, 3.63) is 0 Å². The number of alkyl carbamates (subject to hydrolysis) is 1. The van der Waals surface area contributed by atoms with Gasteiger partial charge in [-0.1, -0.05) is 13.8 Å². The molecule has 1 unspecified atom stereocenters. The molecule has 12 heteroatoms. The molecule has 0 radical (unpaired) electrons. The summed E-state index contributed by atoms with van der Waals surface area (Å²) < 4.78 is 24.8. The molecule has 1 fully saturated rings. The van der Waals surface area contributed by atoms with Gasteiger partial charge in [0.15, 0.2) is 6.10 Å².